The molecule has 0 aliphatic heterocycles. The molecule has 12 heteroatoms. The number of hydrogen-bond donors (Lipinski definition) is 2. The van der Waals surface area contributed by atoms with Crippen molar-refractivity contribution in [3.05, 3.63) is 39.4 Å². The first-order chi connectivity index (χ1) is 17.0. The Morgan fingerprint density at radius 2 is 1.17 bits per heavy atom. The second-order valence-corrected chi connectivity index (χ2v) is 9.14. The molecule has 2 N–H and O–H groups in total. The second kappa shape index (κ2) is 19.6. The zero-order valence-electron chi connectivity index (χ0n) is 21.1. The van der Waals surface area contributed by atoms with Crippen molar-refractivity contribution in [2.75, 3.05) is 13.2 Å². The summed E-state index contributed by atoms with van der Waals surface area (Å²) in [6.45, 7) is 4.79. The quantitative estimate of drug-likeness (QED) is 0.0798. The fourth-order valence-electron chi connectivity index (χ4n) is 3.24. The van der Waals surface area contributed by atoms with Crippen LogP contribution in [0.2, 0.25) is 0 Å². The van der Waals surface area contributed by atoms with Crippen LogP contribution >= 0.6 is 0 Å². The summed E-state index contributed by atoms with van der Waals surface area (Å²) < 4.78 is 42.1. The van der Waals surface area contributed by atoms with Gasteiger partial charge in [-0.05, 0) is 18.9 Å². The van der Waals surface area contributed by atoms with E-state index in [2.05, 4.69) is 13.8 Å². The molecule has 36 heavy (non-hydrogen) atoms. The SMILES string of the molecule is CCCCCCCCOC(=O)c1ccc([N+](=O)[O-])cc1C(=O)OCCCCCCCC.O=S(=O)(O)O. The summed E-state index contributed by atoms with van der Waals surface area (Å²) in [5.41, 5.74) is -0.378. The molecule has 0 unspecified atom stereocenters. The summed E-state index contributed by atoms with van der Waals surface area (Å²) in [5.74, 6) is -1.39. The first-order valence-electron chi connectivity index (χ1n) is 12.3. The predicted molar refractivity (Wildman–Crippen MR) is 135 cm³/mol. The standard InChI is InChI=1S/C24H37NO6.H2O4S/c1-3-5-7-9-11-13-17-30-23(26)21-16-15-20(25(28)29)19-22(21)24(27)31-18-14-12-10-8-6-4-2;1-5(2,3)4/h15-16,19H,3-14,17-18H2,1-2H3;(H2,1,2,3,4). The molecular formula is C24H39NO10S. The van der Waals surface area contributed by atoms with Gasteiger partial charge in [0.25, 0.3) is 5.69 Å². The molecule has 1 rings (SSSR count). The molecule has 0 heterocycles. The molecule has 0 radical (unpaired) electrons. The number of carbonyl (C=O) groups is 2. The van der Waals surface area contributed by atoms with Crippen LogP contribution in [0.4, 0.5) is 5.69 Å². The van der Waals surface area contributed by atoms with E-state index in [1.54, 1.807) is 0 Å². The minimum Gasteiger partial charge on any atom is -0.462 e. The van der Waals surface area contributed by atoms with Gasteiger partial charge in [-0.3, -0.25) is 19.2 Å². The van der Waals surface area contributed by atoms with E-state index >= 15 is 0 Å². The van der Waals surface area contributed by atoms with E-state index in [1.165, 1.54) is 44.2 Å². The van der Waals surface area contributed by atoms with E-state index < -0.39 is 27.3 Å². The summed E-state index contributed by atoms with van der Waals surface area (Å²) in [5, 5.41) is 11.1. The van der Waals surface area contributed by atoms with Crippen molar-refractivity contribution in [3.8, 4) is 0 Å². The van der Waals surface area contributed by atoms with Crippen LogP contribution in [0.15, 0.2) is 18.2 Å². The molecule has 206 valence electrons. The number of esters is 2. The molecule has 0 aromatic heterocycles. The molecule has 0 bridgehead atoms. The third kappa shape index (κ3) is 17.8. The van der Waals surface area contributed by atoms with Gasteiger partial charge in [0.2, 0.25) is 0 Å². The Labute approximate surface area is 213 Å². The van der Waals surface area contributed by atoms with Crippen molar-refractivity contribution >= 4 is 28.0 Å². The van der Waals surface area contributed by atoms with Gasteiger partial charge < -0.3 is 9.47 Å². The summed E-state index contributed by atoms with van der Waals surface area (Å²) >= 11 is 0. The monoisotopic (exact) mass is 533 g/mol. The van der Waals surface area contributed by atoms with Crippen molar-refractivity contribution in [2.45, 2.75) is 90.9 Å². The minimum absolute atomic E-state index is 0.00419. The average Bonchev–Trinajstić information content (AvgIpc) is 2.81. The number of ether oxygens (including phenoxy) is 2. The average molecular weight is 534 g/mol. The number of carbonyl (C=O) groups excluding carboxylic acids is 2. The largest absolute Gasteiger partial charge is 0.462 e. The lowest BCUT2D eigenvalue weighted by Gasteiger charge is -2.10. The molecule has 0 saturated carbocycles. The number of non-ortho nitro benzene ring substituents is 1. The Morgan fingerprint density at radius 1 is 0.778 bits per heavy atom. The van der Waals surface area contributed by atoms with Gasteiger partial charge in [-0.25, -0.2) is 9.59 Å². The third-order valence-corrected chi connectivity index (χ3v) is 5.12. The first-order valence-corrected chi connectivity index (χ1v) is 13.7. The fraction of sp³-hybridized carbons (Fsp3) is 0.667. The normalized spacial score (nSPS) is 10.8. The van der Waals surface area contributed by atoms with Crippen molar-refractivity contribution in [3.63, 3.8) is 0 Å². The number of nitro groups is 1. The van der Waals surface area contributed by atoms with Gasteiger partial charge in [-0.2, -0.15) is 8.42 Å². The van der Waals surface area contributed by atoms with E-state index in [1.807, 2.05) is 0 Å². The van der Waals surface area contributed by atoms with Crippen molar-refractivity contribution < 1.29 is 41.5 Å². The minimum atomic E-state index is -4.67. The van der Waals surface area contributed by atoms with Crippen molar-refractivity contribution in [1.82, 2.24) is 0 Å². The number of hydrogen-bond acceptors (Lipinski definition) is 8. The van der Waals surface area contributed by atoms with Crippen LogP contribution in [-0.2, 0) is 19.9 Å². The lowest BCUT2D eigenvalue weighted by atomic mass is 10.1. The number of unbranched alkanes of at least 4 members (excludes halogenated alkanes) is 10. The Balaban J connectivity index is 0.00000222. The Kier molecular flexibility index (Phi) is 18.2. The molecule has 0 atom stereocenters. The highest BCUT2D eigenvalue weighted by atomic mass is 32.3. The van der Waals surface area contributed by atoms with E-state index in [0.29, 0.717) is 0 Å². The molecule has 0 saturated heterocycles. The predicted octanol–water partition coefficient (Wildman–Crippen LogP) is 5.98. The molecule has 1 aromatic carbocycles. The van der Waals surface area contributed by atoms with Crippen LogP contribution in [0.5, 0.6) is 0 Å². The van der Waals surface area contributed by atoms with E-state index in [9.17, 15) is 19.7 Å². The van der Waals surface area contributed by atoms with Crippen LogP contribution in [0.3, 0.4) is 0 Å². The maximum atomic E-state index is 12.5. The number of nitrogens with zero attached hydrogens (tertiary/aromatic N) is 1. The molecule has 0 aliphatic rings. The fourth-order valence-corrected chi connectivity index (χ4v) is 3.24. The van der Waals surface area contributed by atoms with Gasteiger partial charge >= 0.3 is 22.3 Å². The molecule has 0 amide bonds. The zero-order valence-corrected chi connectivity index (χ0v) is 22.0. The van der Waals surface area contributed by atoms with Crippen LogP contribution in [0.25, 0.3) is 0 Å². The van der Waals surface area contributed by atoms with E-state index in [4.69, 9.17) is 27.0 Å². The molecule has 0 aliphatic carbocycles. The molecule has 11 nitrogen and oxygen atoms in total. The van der Waals surface area contributed by atoms with Gasteiger partial charge in [0.15, 0.2) is 0 Å². The van der Waals surface area contributed by atoms with Gasteiger partial charge in [0, 0.05) is 12.1 Å². The van der Waals surface area contributed by atoms with Crippen LogP contribution in [-0.4, -0.2) is 47.6 Å². The molecule has 0 fully saturated rings. The summed E-state index contributed by atoms with van der Waals surface area (Å²) in [7, 11) is -4.67. The highest BCUT2D eigenvalue weighted by Gasteiger charge is 2.23. The number of nitro benzene ring substituents is 1. The number of benzene rings is 1. The molecule has 0 spiro atoms. The van der Waals surface area contributed by atoms with E-state index in [0.717, 1.165) is 51.0 Å². The smallest absolute Gasteiger partial charge is 0.394 e. The summed E-state index contributed by atoms with van der Waals surface area (Å²) in [4.78, 5) is 35.5. The van der Waals surface area contributed by atoms with Crippen molar-refractivity contribution in [1.29, 1.82) is 0 Å². The van der Waals surface area contributed by atoms with Gasteiger partial charge in [0.1, 0.15) is 0 Å². The highest BCUT2D eigenvalue weighted by molar-refractivity contribution is 7.79. The molecular weight excluding hydrogens is 494 g/mol. The van der Waals surface area contributed by atoms with Crippen LogP contribution < -0.4 is 0 Å². The Hall–Kier alpha value is -2.57. The topological polar surface area (TPSA) is 170 Å². The lowest BCUT2D eigenvalue weighted by molar-refractivity contribution is -0.384. The Bertz CT molecular complexity index is 894. The van der Waals surface area contributed by atoms with E-state index in [-0.39, 0.29) is 30.0 Å². The maximum Gasteiger partial charge on any atom is 0.394 e. The summed E-state index contributed by atoms with van der Waals surface area (Å²) in [6, 6.07) is 3.56. The van der Waals surface area contributed by atoms with Gasteiger partial charge in [-0.1, -0.05) is 78.1 Å². The van der Waals surface area contributed by atoms with Crippen molar-refractivity contribution in [2.24, 2.45) is 0 Å². The summed E-state index contributed by atoms with van der Waals surface area (Å²) in [6.07, 6.45) is 12.6. The Morgan fingerprint density at radius 3 is 1.58 bits per heavy atom. The van der Waals surface area contributed by atoms with Crippen LogP contribution in [0, 0.1) is 10.1 Å². The van der Waals surface area contributed by atoms with Crippen LogP contribution in [0.1, 0.15) is 112 Å². The second-order valence-electron chi connectivity index (χ2n) is 8.24. The first kappa shape index (κ1) is 33.4. The maximum absolute atomic E-state index is 12.5. The third-order valence-electron chi connectivity index (χ3n) is 5.12. The molecule has 1 aromatic rings. The number of rotatable bonds is 17. The van der Waals surface area contributed by atoms with Gasteiger partial charge in [0.05, 0.1) is 29.3 Å². The zero-order chi connectivity index (χ0) is 27.4. The van der Waals surface area contributed by atoms with Gasteiger partial charge in [-0.15, -0.1) is 0 Å². The lowest BCUT2D eigenvalue weighted by Crippen LogP contribution is -2.15. The highest BCUT2D eigenvalue weighted by Crippen LogP contribution is 2.20.